The molecule has 2 aromatic carbocycles. The van der Waals surface area contributed by atoms with E-state index in [0.29, 0.717) is 22.0 Å². The maximum atomic E-state index is 13.2. The second-order valence-electron chi connectivity index (χ2n) is 7.41. The summed E-state index contributed by atoms with van der Waals surface area (Å²) in [7, 11) is 0. The molecule has 3 heterocycles. The molecular weight excluding hydrogens is 495 g/mol. The van der Waals surface area contributed by atoms with Gasteiger partial charge in [0.05, 0.1) is 16.7 Å². The molecule has 0 unspecified atom stereocenters. The largest absolute Gasteiger partial charge is 0.455 e. The number of aromatic nitrogens is 4. The van der Waals surface area contributed by atoms with Crippen LogP contribution in [0.25, 0.3) is 22.6 Å². The predicted octanol–water partition coefficient (Wildman–Crippen LogP) is 5.47. The van der Waals surface area contributed by atoms with Crippen LogP contribution < -0.4 is 10.7 Å². The number of benzene rings is 2. The number of fused-ring (bicyclic) bond motifs is 1. The maximum absolute atomic E-state index is 13.2. The quantitative estimate of drug-likeness (QED) is 0.164. The summed E-state index contributed by atoms with van der Waals surface area (Å²) in [6.07, 6.45) is 1.35. The van der Waals surface area contributed by atoms with E-state index in [4.69, 9.17) is 16.0 Å². The fourth-order valence-electron chi connectivity index (χ4n) is 3.21. The van der Waals surface area contributed by atoms with Crippen LogP contribution in [-0.4, -0.2) is 31.4 Å². The third-order valence-corrected chi connectivity index (χ3v) is 5.36. The number of hydrogen-bond donors (Lipinski definition) is 2. The Balaban J connectivity index is 1.40. The number of anilines is 3. The Kier molecular flexibility index (Phi) is 5.96. The minimum Gasteiger partial charge on any atom is -0.455 e. The molecule has 0 aliphatic carbocycles. The van der Waals surface area contributed by atoms with Crippen LogP contribution in [-0.2, 0) is 0 Å². The number of halogens is 2. The Morgan fingerprint density at radius 3 is 2.53 bits per heavy atom. The molecule has 0 saturated heterocycles. The van der Waals surface area contributed by atoms with E-state index < -0.39 is 4.92 Å². The van der Waals surface area contributed by atoms with Gasteiger partial charge in [-0.25, -0.2) is 14.0 Å². The van der Waals surface area contributed by atoms with Crippen molar-refractivity contribution < 1.29 is 18.4 Å². The Morgan fingerprint density at radius 2 is 1.81 bits per heavy atom. The Labute approximate surface area is 205 Å². The van der Waals surface area contributed by atoms with E-state index in [1.165, 1.54) is 42.6 Å². The topological polar surface area (TPSA) is 157 Å². The van der Waals surface area contributed by atoms with Gasteiger partial charge in [0, 0.05) is 16.8 Å². The number of nitro benzene ring substituents is 1. The molecule has 0 amide bonds. The number of rotatable bonds is 7. The zero-order valence-corrected chi connectivity index (χ0v) is 19.0. The summed E-state index contributed by atoms with van der Waals surface area (Å²) in [6, 6.07) is 11.7. The molecule has 0 spiro atoms. The highest BCUT2D eigenvalue weighted by Crippen LogP contribution is 2.35. The first-order chi connectivity index (χ1) is 17.4. The average Bonchev–Trinajstić information content (AvgIpc) is 3.51. The molecule has 0 saturated carbocycles. The van der Waals surface area contributed by atoms with Crippen LogP contribution in [0.2, 0.25) is 5.02 Å². The van der Waals surface area contributed by atoms with Crippen molar-refractivity contribution in [3.05, 3.63) is 80.8 Å². The van der Waals surface area contributed by atoms with Gasteiger partial charge >= 0.3 is 0 Å². The summed E-state index contributed by atoms with van der Waals surface area (Å²) in [5, 5.41) is 26.3. The molecule has 0 bridgehead atoms. The normalized spacial score (nSPS) is 11.3. The lowest BCUT2D eigenvalue weighted by Crippen LogP contribution is -2.03. The summed E-state index contributed by atoms with van der Waals surface area (Å²) in [4.78, 5) is 19.5. The molecule has 0 aliphatic heterocycles. The van der Waals surface area contributed by atoms with Crippen molar-refractivity contribution in [2.75, 3.05) is 10.7 Å². The van der Waals surface area contributed by atoms with Crippen molar-refractivity contribution in [2.24, 2.45) is 5.10 Å². The zero-order valence-electron chi connectivity index (χ0n) is 18.3. The van der Waals surface area contributed by atoms with E-state index in [0.717, 1.165) is 0 Å². The SMILES string of the molecule is Cc1cc([N+](=O)[O-])c(-c2ccc(/C=N/Nc3nc4nonc4nc3Nc3ccc(F)cc3)o2)cc1Cl. The molecule has 180 valence electrons. The first kappa shape index (κ1) is 22.9. The molecule has 0 radical (unpaired) electrons. The summed E-state index contributed by atoms with van der Waals surface area (Å²) in [5.74, 6) is 0.563. The van der Waals surface area contributed by atoms with Crippen LogP contribution in [0.15, 0.2) is 62.7 Å². The standard InChI is InChI=1S/C22H14ClFN8O4/c1-11-8-17(32(33)34)15(9-16(11)23)18-7-6-14(35-18)10-25-29-20-19(26-13-4-2-12(24)3-5-13)27-21-22(28-20)31-36-30-21/h2-10H,1H3,(H,26,27,30)(H,28,29,31)/b25-10+. The molecule has 2 N–H and O–H groups in total. The molecule has 5 aromatic rings. The summed E-state index contributed by atoms with van der Waals surface area (Å²) < 4.78 is 23.6. The van der Waals surface area contributed by atoms with E-state index in [1.807, 2.05) is 0 Å². The van der Waals surface area contributed by atoms with Crippen molar-refractivity contribution in [2.45, 2.75) is 6.92 Å². The molecule has 3 aromatic heterocycles. The fourth-order valence-corrected chi connectivity index (χ4v) is 3.38. The molecular formula is C22H14ClFN8O4. The maximum Gasteiger partial charge on any atom is 0.280 e. The molecule has 0 aliphatic rings. The highest BCUT2D eigenvalue weighted by Gasteiger charge is 2.20. The van der Waals surface area contributed by atoms with E-state index in [2.05, 4.69) is 40.8 Å². The highest BCUT2D eigenvalue weighted by atomic mass is 35.5. The zero-order chi connectivity index (χ0) is 25.2. The van der Waals surface area contributed by atoms with Crippen LogP contribution in [0.1, 0.15) is 11.3 Å². The van der Waals surface area contributed by atoms with Crippen molar-refractivity contribution >= 4 is 52.1 Å². The summed E-state index contributed by atoms with van der Waals surface area (Å²) in [5.41, 5.74) is 4.26. The van der Waals surface area contributed by atoms with E-state index in [-0.39, 0.29) is 45.8 Å². The summed E-state index contributed by atoms with van der Waals surface area (Å²) in [6.45, 7) is 1.68. The number of nitro groups is 1. The van der Waals surface area contributed by atoms with Gasteiger partial charge < -0.3 is 9.73 Å². The van der Waals surface area contributed by atoms with Gasteiger partial charge in [0.2, 0.25) is 11.3 Å². The van der Waals surface area contributed by atoms with Crippen LogP contribution in [0.4, 0.5) is 27.4 Å². The third kappa shape index (κ3) is 4.67. The molecule has 12 nitrogen and oxygen atoms in total. The number of hydrazone groups is 1. The van der Waals surface area contributed by atoms with Gasteiger partial charge in [-0.15, -0.1) is 0 Å². The second-order valence-corrected chi connectivity index (χ2v) is 7.82. The lowest BCUT2D eigenvalue weighted by molar-refractivity contribution is -0.384. The lowest BCUT2D eigenvalue weighted by atomic mass is 10.1. The van der Waals surface area contributed by atoms with Gasteiger partial charge in [0.1, 0.15) is 17.3 Å². The van der Waals surface area contributed by atoms with Gasteiger partial charge in [-0.1, -0.05) is 11.6 Å². The summed E-state index contributed by atoms with van der Waals surface area (Å²) >= 11 is 6.16. The van der Waals surface area contributed by atoms with E-state index in [1.54, 1.807) is 19.1 Å². The molecule has 5 rings (SSSR count). The Hall–Kier alpha value is -4.91. The third-order valence-electron chi connectivity index (χ3n) is 4.95. The van der Waals surface area contributed by atoms with Crippen LogP contribution in [0.5, 0.6) is 0 Å². The minimum absolute atomic E-state index is 0.130. The monoisotopic (exact) mass is 508 g/mol. The van der Waals surface area contributed by atoms with Gasteiger partial charge in [0.25, 0.3) is 5.69 Å². The Bertz CT molecular complexity index is 1620. The number of furan rings is 1. The van der Waals surface area contributed by atoms with Gasteiger partial charge in [-0.3, -0.25) is 15.5 Å². The van der Waals surface area contributed by atoms with Crippen LogP contribution >= 0.6 is 11.6 Å². The van der Waals surface area contributed by atoms with Crippen molar-refractivity contribution in [3.63, 3.8) is 0 Å². The van der Waals surface area contributed by atoms with Crippen LogP contribution in [0, 0.1) is 22.9 Å². The first-order valence-electron chi connectivity index (χ1n) is 10.2. The predicted molar refractivity (Wildman–Crippen MR) is 129 cm³/mol. The van der Waals surface area contributed by atoms with Crippen molar-refractivity contribution in [1.29, 1.82) is 0 Å². The highest BCUT2D eigenvalue weighted by molar-refractivity contribution is 6.31. The van der Waals surface area contributed by atoms with Crippen LogP contribution in [0.3, 0.4) is 0 Å². The molecule has 0 atom stereocenters. The number of nitrogens with zero attached hydrogens (tertiary/aromatic N) is 6. The van der Waals surface area contributed by atoms with E-state index in [9.17, 15) is 14.5 Å². The van der Waals surface area contributed by atoms with Gasteiger partial charge in [-0.2, -0.15) is 10.1 Å². The molecule has 36 heavy (non-hydrogen) atoms. The second kappa shape index (κ2) is 9.38. The van der Waals surface area contributed by atoms with E-state index >= 15 is 0 Å². The van der Waals surface area contributed by atoms with Crippen molar-refractivity contribution in [3.8, 4) is 11.3 Å². The van der Waals surface area contributed by atoms with Crippen molar-refractivity contribution in [1.82, 2.24) is 20.3 Å². The number of aryl methyl sites for hydroxylation is 1. The van der Waals surface area contributed by atoms with Gasteiger partial charge in [0.15, 0.2) is 11.6 Å². The number of nitrogens with one attached hydrogen (secondary N) is 2. The molecule has 14 heteroatoms. The smallest absolute Gasteiger partial charge is 0.280 e. The van der Waals surface area contributed by atoms with Gasteiger partial charge in [-0.05, 0) is 65.3 Å². The number of hydrogen-bond acceptors (Lipinski definition) is 11. The minimum atomic E-state index is -0.500. The fraction of sp³-hybridized carbons (Fsp3) is 0.0455. The first-order valence-corrected chi connectivity index (χ1v) is 10.6. The molecule has 0 fully saturated rings. The Morgan fingerprint density at radius 1 is 1.08 bits per heavy atom. The lowest BCUT2D eigenvalue weighted by Gasteiger charge is -2.09. The average molecular weight is 509 g/mol.